The van der Waals surface area contributed by atoms with E-state index in [1.165, 1.54) is 17.7 Å². The normalized spacial score (nSPS) is 19.6. The summed E-state index contributed by atoms with van der Waals surface area (Å²) in [5.74, 6) is 1.34. The van der Waals surface area contributed by atoms with Crippen molar-refractivity contribution in [1.29, 1.82) is 0 Å². The first kappa shape index (κ1) is 21.4. The van der Waals surface area contributed by atoms with E-state index in [0.717, 1.165) is 31.2 Å². The molecule has 1 atom stereocenters. The Bertz CT molecular complexity index is 1030. The van der Waals surface area contributed by atoms with Crippen LogP contribution < -0.4 is 20.7 Å². The maximum atomic E-state index is 13.1. The molecule has 3 aliphatic rings. The summed E-state index contributed by atoms with van der Waals surface area (Å²) < 4.78 is 5.73. The predicted octanol–water partition coefficient (Wildman–Crippen LogP) is 4.05. The number of hydrogen-bond acceptors (Lipinski definition) is 5. The number of thiophene rings is 1. The summed E-state index contributed by atoms with van der Waals surface area (Å²) in [5, 5.41) is 10.5. The molecule has 32 heavy (non-hydrogen) atoms. The highest BCUT2D eigenvalue weighted by molar-refractivity contribution is 7.80. The first-order valence-electron chi connectivity index (χ1n) is 11.3. The number of benzene rings is 1. The fourth-order valence-electron chi connectivity index (χ4n) is 4.03. The molecule has 1 aromatic carbocycles. The van der Waals surface area contributed by atoms with Gasteiger partial charge in [0.15, 0.2) is 0 Å². The summed E-state index contributed by atoms with van der Waals surface area (Å²) in [4.78, 5) is 26.8. The Balaban J connectivity index is 1.31. The van der Waals surface area contributed by atoms with Crippen molar-refractivity contribution < 1.29 is 14.3 Å². The number of nitrogens with one attached hydrogen (secondary N) is 3. The third-order valence-corrected chi connectivity index (χ3v) is 7.61. The second kappa shape index (κ2) is 9.19. The van der Waals surface area contributed by atoms with Crippen LogP contribution in [0.1, 0.15) is 52.9 Å². The highest BCUT2D eigenvalue weighted by atomic mass is 32.1. The van der Waals surface area contributed by atoms with Crippen LogP contribution in [0.15, 0.2) is 30.3 Å². The first-order chi connectivity index (χ1) is 15.6. The van der Waals surface area contributed by atoms with Gasteiger partial charge in [-0.05, 0) is 80.8 Å². The Hall–Kier alpha value is -2.45. The van der Waals surface area contributed by atoms with Crippen LogP contribution in [0, 0.1) is 11.8 Å². The number of aryl methyl sites for hydroxylation is 1. The zero-order valence-corrected chi connectivity index (χ0v) is 19.4. The van der Waals surface area contributed by atoms with Crippen LogP contribution in [-0.4, -0.2) is 29.6 Å². The number of para-hydroxylation sites is 1. The molecule has 2 amide bonds. The Morgan fingerprint density at radius 3 is 2.59 bits per heavy atom. The average Bonchev–Trinajstić information content (AvgIpc) is 3.69. The number of carbonyl (C=O) groups excluding carboxylic acids is 2. The van der Waals surface area contributed by atoms with E-state index in [2.05, 4.69) is 16.0 Å². The van der Waals surface area contributed by atoms with Crippen molar-refractivity contribution in [1.82, 2.24) is 10.6 Å². The zero-order chi connectivity index (χ0) is 22.1. The Labute approximate surface area is 197 Å². The van der Waals surface area contributed by atoms with Gasteiger partial charge >= 0.3 is 0 Å². The molecule has 0 saturated heterocycles. The fourth-order valence-corrected chi connectivity index (χ4v) is 5.54. The average molecular weight is 470 g/mol. The van der Waals surface area contributed by atoms with Crippen LogP contribution in [0.4, 0.5) is 5.00 Å². The molecule has 2 fully saturated rings. The molecule has 0 bridgehead atoms. The van der Waals surface area contributed by atoms with E-state index in [-0.39, 0.29) is 23.8 Å². The van der Waals surface area contributed by atoms with Crippen LogP contribution in [0.2, 0.25) is 0 Å². The number of anilines is 1. The van der Waals surface area contributed by atoms with Gasteiger partial charge in [0.25, 0.3) is 11.1 Å². The summed E-state index contributed by atoms with van der Waals surface area (Å²) in [5.41, 5.74) is 1.67. The lowest BCUT2D eigenvalue weighted by atomic mass is 9.91. The molecule has 1 heterocycles. The Morgan fingerprint density at radius 1 is 1.09 bits per heavy atom. The lowest BCUT2D eigenvalue weighted by molar-refractivity contribution is -0.117. The second-order valence-electron chi connectivity index (χ2n) is 8.91. The summed E-state index contributed by atoms with van der Waals surface area (Å²) in [6.07, 6.45) is 6.64. The number of carbonyl (C=O) groups is 2. The molecule has 0 radical (unpaired) electrons. The molecule has 0 unspecified atom stereocenters. The van der Waals surface area contributed by atoms with Gasteiger partial charge in [0, 0.05) is 23.4 Å². The van der Waals surface area contributed by atoms with Crippen LogP contribution in [0.5, 0.6) is 5.75 Å². The van der Waals surface area contributed by atoms with Crippen molar-refractivity contribution in [2.24, 2.45) is 11.8 Å². The largest absolute Gasteiger partial charge is 0.432 e. The molecule has 3 N–H and O–H groups in total. The smallest absolute Gasteiger partial charge is 0.262 e. The first-order valence-corrected chi connectivity index (χ1v) is 12.6. The van der Waals surface area contributed by atoms with Gasteiger partial charge in [-0.25, -0.2) is 0 Å². The van der Waals surface area contributed by atoms with Gasteiger partial charge in [-0.1, -0.05) is 18.2 Å². The molecule has 3 aliphatic carbocycles. The number of ether oxygens (including phenoxy) is 1. The van der Waals surface area contributed by atoms with Gasteiger partial charge in [0.05, 0.1) is 5.56 Å². The third-order valence-electron chi connectivity index (χ3n) is 6.20. The fraction of sp³-hybridized carbons (Fsp3) is 0.458. The maximum Gasteiger partial charge on any atom is 0.262 e. The molecule has 168 valence electrons. The molecular weight excluding hydrogens is 442 g/mol. The number of hydrogen-bond donors (Lipinski definition) is 3. The van der Waals surface area contributed by atoms with Crippen LogP contribution in [0.25, 0.3) is 0 Å². The van der Waals surface area contributed by atoms with E-state index < -0.39 is 0 Å². The van der Waals surface area contributed by atoms with Crippen molar-refractivity contribution in [3.63, 3.8) is 0 Å². The quantitative estimate of drug-likeness (QED) is 0.533. The summed E-state index contributed by atoms with van der Waals surface area (Å²) in [6, 6.07) is 9.54. The number of fused-ring (bicyclic) bond motifs is 1. The van der Waals surface area contributed by atoms with E-state index in [1.54, 1.807) is 11.3 Å². The van der Waals surface area contributed by atoms with Crippen molar-refractivity contribution >= 4 is 45.5 Å². The number of rotatable bonds is 7. The maximum absolute atomic E-state index is 13.1. The minimum absolute atomic E-state index is 0.0342. The highest BCUT2D eigenvalue weighted by Gasteiger charge is 2.34. The number of thiocarbonyl (C=S) groups is 1. The highest BCUT2D eigenvalue weighted by Crippen LogP contribution is 2.40. The molecule has 2 saturated carbocycles. The molecule has 5 rings (SSSR count). The zero-order valence-electron chi connectivity index (χ0n) is 17.8. The van der Waals surface area contributed by atoms with E-state index in [1.807, 2.05) is 30.3 Å². The monoisotopic (exact) mass is 469 g/mol. The van der Waals surface area contributed by atoms with Crippen molar-refractivity contribution in [3.05, 3.63) is 46.3 Å². The summed E-state index contributed by atoms with van der Waals surface area (Å²) in [7, 11) is 0. The molecular formula is C24H27N3O3S2. The van der Waals surface area contributed by atoms with E-state index in [0.29, 0.717) is 40.4 Å². The molecule has 0 aliphatic heterocycles. The van der Waals surface area contributed by atoms with Gasteiger partial charge < -0.3 is 20.7 Å². The van der Waals surface area contributed by atoms with Crippen LogP contribution in [0.3, 0.4) is 0 Å². The standard InChI is InChI=1S/C24H27N3O3S2/c28-21(15-8-9-15)27-23-20(22(29)25-13-14-6-7-14)18-12-16(10-11-19(18)32-23)26-24(31)30-17-4-2-1-3-5-17/h1-5,14-16H,6-13H2,(H,25,29)(H,26,31)(H,27,28)/t16-/m0/s1. The minimum atomic E-state index is -0.0794. The van der Waals surface area contributed by atoms with Crippen molar-refractivity contribution in [2.45, 2.75) is 51.0 Å². The molecule has 6 nitrogen and oxygen atoms in total. The van der Waals surface area contributed by atoms with Crippen molar-refractivity contribution in [2.75, 3.05) is 11.9 Å². The van der Waals surface area contributed by atoms with Crippen molar-refractivity contribution in [3.8, 4) is 5.75 Å². The molecule has 2 aromatic rings. The Morgan fingerprint density at radius 2 is 1.88 bits per heavy atom. The third kappa shape index (κ3) is 5.13. The van der Waals surface area contributed by atoms with Gasteiger partial charge in [-0.15, -0.1) is 11.3 Å². The van der Waals surface area contributed by atoms with Crippen LogP contribution >= 0.6 is 23.6 Å². The molecule has 8 heteroatoms. The summed E-state index contributed by atoms with van der Waals surface area (Å²) in [6.45, 7) is 0.705. The SMILES string of the molecule is O=C(NCC1CC1)c1c(NC(=O)C2CC2)sc2c1C[C@@H](NC(=S)Oc1ccccc1)CC2. The van der Waals surface area contributed by atoms with Gasteiger partial charge in [0.2, 0.25) is 5.91 Å². The second-order valence-corrected chi connectivity index (χ2v) is 10.4. The molecule has 0 spiro atoms. The predicted molar refractivity (Wildman–Crippen MR) is 129 cm³/mol. The van der Waals surface area contributed by atoms with Gasteiger partial charge in [-0.2, -0.15) is 0 Å². The van der Waals surface area contributed by atoms with E-state index in [9.17, 15) is 9.59 Å². The van der Waals surface area contributed by atoms with Crippen LogP contribution in [-0.2, 0) is 17.6 Å². The topological polar surface area (TPSA) is 79.5 Å². The van der Waals surface area contributed by atoms with E-state index >= 15 is 0 Å². The van der Waals surface area contributed by atoms with E-state index in [4.69, 9.17) is 17.0 Å². The minimum Gasteiger partial charge on any atom is -0.432 e. The summed E-state index contributed by atoms with van der Waals surface area (Å²) >= 11 is 6.96. The van der Waals surface area contributed by atoms with Gasteiger partial charge in [-0.3, -0.25) is 9.59 Å². The number of amides is 2. The van der Waals surface area contributed by atoms with Gasteiger partial charge in [0.1, 0.15) is 10.8 Å². The lowest BCUT2D eigenvalue weighted by Gasteiger charge is -2.25. The lowest BCUT2D eigenvalue weighted by Crippen LogP contribution is -2.40. The Kier molecular flexibility index (Phi) is 6.15. The molecule has 1 aromatic heterocycles.